The Morgan fingerprint density at radius 3 is 2.77 bits per heavy atom. The molecule has 0 bridgehead atoms. The maximum absolute atomic E-state index is 10.9. The van der Waals surface area contributed by atoms with E-state index < -0.39 is 0 Å². The second-order valence-corrected chi connectivity index (χ2v) is 5.27. The molecule has 0 atom stereocenters. The molecule has 134 valence electrons. The number of fused-ring (bicyclic) bond motifs is 1. The molecule has 0 aliphatic heterocycles. The highest BCUT2D eigenvalue weighted by atomic mass is 19.1. The van der Waals surface area contributed by atoms with Crippen LogP contribution in [0.4, 0.5) is 4.39 Å². The van der Waals surface area contributed by atoms with Crippen molar-refractivity contribution in [3.05, 3.63) is 73.2 Å². The number of ether oxygens (including phenoxy) is 1. The fraction of sp³-hybridized carbons (Fsp3) is 0.143. The number of hydrogen-bond acceptors (Lipinski definition) is 3. The first kappa shape index (κ1) is 19.1. The van der Waals surface area contributed by atoms with E-state index in [1.165, 1.54) is 6.08 Å². The third-order valence-corrected chi connectivity index (χ3v) is 3.47. The predicted octanol–water partition coefficient (Wildman–Crippen LogP) is 5.36. The Kier molecular flexibility index (Phi) is 7.31. The summed E-state index contributed by atoms with van der Waals surface area (Å²) in [5.41, 5.74) is 3.68. The summed E-state index contributed by atoms with van der Waals surface area (Å²) in [6, 6.07) is 9.93. The van der Waals surface area contributed by atoms with Crippen molar-refractivity contribution in [2.24, 2.45) is 0 Å². The van der Waals surface area contributed by atoms with Crippen LogP contribution in [0.15, 0.2) is 67.4 Å². The summed E-state index contributed by atoms with van der Waals surface area (Å²) in [6.07, 6.45) is 10.4. The third-order valence-electron chi connectivity index (χ3n) is 3.47. The zero-order valence-corrected chi connectivity index (χ0v) is 14.9. The van der Waals surface area contributed by atoms with Crippen LogP contribution in [-0.2, 0) is 0 Å². The summed E-state index contributed by atoms with van der Waals surface area (Å²) >= 11 is 0. The van der Waals surface area contributed by atoms with Gasteiger partial charge < -0.3 is 9.72 Å². The molecule has 26 heavy (non-hydrogen) atoms. The molecule has 0 unspecified atom stereocenters. The van der Waals surface area contributed by atoms with Gasteiger partial charge in [0.25, 0.3) is 0 Å². The predicted molar refractivity (Wildman–Crippen MR) is 106 cm³/mol. The van der Waals surface area contributed by atoms with Gasteiger partial charge in [0.05, 0.1) is 12.6 Å². The van der Waals surface area contributed by atoms with Crippen LogP contribution < -0.4 is 4.74 Å². The van der Waals surface area contributed by atoms with E-state index >= 15 is 0 Å². The lowest BCUT2D eigenvalue weighted by molar-refractivity contribution is 0.415. The molecule has 0 spiro atoms. The lowest BCUT2D eigenvalue weighted by Gasteiger charge is -2.04. The van der Waals surface area contributed by atoms with Gasteiger partial charge in [0, 0.05) is 11.8 Å². The molecule has 0 fully saturated rings. The standard InChI is InChI=1S/C17H15N3O.C4H7F/c1-3-4-8-16-19-15-10-13(11-18-17(15)20-16)12-6-5-7-14(9-12)21-2;1-2-3-4-5/h3-11H,1H2,2H3,(H,18,19,20);2-3H,4H2,1H3/b8-4+;3-2-. The van der Waals surface area contributed by atoms with Crippen molar-refractivity contribution in [1.82, 2.24) is 15.0 Å². The highest BCUT2D eigenvalue weighted by molar-refractivity contribution is 5.79. The molecule has 3 aromatic rings. The molecule has 1 aromatic carbocycles. The molecule has 0 radical (unpaired) electrons. The van der Waals surface area contributed by atoms with Crippen molar-refractivity contribution in [2.45, 2.75) is 6.92 Å². The van der Waals surface area contributed by atoms with Gasteiger partial charge in [-0.25, -0.2) is 14.4 Å². The summed E-state index contributed by atoms with van der Waals surface area (Å²) in [7, 11) is 1.66. The van der Waals surface area contributed by atoms with Crippen LogP contribution in [-0.4, -0.2) is 28.7 Å². The Balaban J connectivity index is 0.000000431. The lowest BCUT2D eigenvalue weighted by Crippen LogP contribution is -1.85. The number of imidazole rings is 1. The second kappa shape index (κ2) is 9.93. The van der Waals surface area contributed by atoms with Crippen LogP contribution in [0.1, 0.15) is 12.7 Å². The topological polar surface area (TPSA) is 50.8 Å². The van der Waals surface area contributed by atoms with Crippen molar-refractivity contribution >= 4 is 17.2 Å². The maximum atomic E-state index is 10.9. The Morgan fingerprint density at radius 1 is 1.27 bits per heavy atom. The zero-order valence-electron chi connectivity index (χ0n) is 14.9. The number of alkyl halides is 1. The first-order chi connectivity index (χ1) is 12.7. The average Bonchev–Trinajstić information content (AvgIpc) is 3.09. The van der Waals surface area contributed by atoms with Gasteiger partial charge in [0.2, 0.25) is 0 Å². The number of H-pyrrole nitrogens is 1. The highest BCUT2D eigenvalue weighted by Gasteiger charge is 2.05. The van der Waals surface area contributed by atoms with Crippen LogP contribution in [0.2, 0.25) is 0 Å². The van der Waals surface area contributed by atoms with Gasteiger partial charge in [-0.15, -0.1) is 0 Å². The number of aromatic amines is 1. The van der Waals surface area contributed by atoms with E-state index in [9.17, 15) is 4.39 Å². The van der Waals surface area contributed by atoms with Gasteiger partial charge in [-0.05, 0) is 36.8 Å². The molecular weight excluding hydrogens is 329 g/mol. The normalized spacial score (nSPS) is 10.9. The Morgan fingerprint density at radius 2 is 2.12 bits per heavy atom. The number of nitrogens with one attached hydrogen (secondary N) is 1. The fourth-order valence-electron chi connectivity index (χ4n) is 2.21. The van der Waals surface area contributed by atoms with Crippen molar-refractivity contribution < 1.29 is 9.13 Å². The molecule has 0 aliphatic rings. The van der Waals surface area contributed by atoms with Gasteiger partial charge in [0.1, 0.15) is 18.2 Å². The van der Waals surface area contributed by atoms with Gasteiger partial charge in [0.15, 0.2) is 5.65 Å². The molecule has 0 amide bonds. The average molecular weight is 351 g/mol. The number of nitrogens with zero attached hydrogens (tertiary/aromatic N) is 2. The van der Waals surface area contributed by atoms with Gasteiger partial charge in [-0.3, -0.25) is 0 Å². The number of pyridine rings is 1. The van der Waals surface area contributed by atoms with Gasteiger partial charge in [-0.1, -0.05) is 43.0 Å². The second-order valence-electron chi connectivity index (χ2n) is 5.27. The smallest absolute Gasteiger partial charge is 0.178 e. The Hall–Kier alpha value is -3.21. The van der Waals surface area contributed by atoms with Crippen molar-refractivity contribution in [2.75, 3.05) is 13.8 Å². The number of rotatable bonds is 5. The van der Waals surface area contributed by atoms with Crippen molar-refractivity contribution in [3.8, 4) is 16.9 Å². The Labute approximate surface area is 152 Å². The number of benzene rings is 1. The number of halogens is 1. The summed E-state index contributed by atoms with van der Waals surface area (Å²) < 4.78 is 16.2. The summed E-state index contributed by atoms with van der Waals surface area (Å²) in [5.74, 6) is 1.59. The van der Waals surface area contributed by atoms with E-state index in [1.54, 1.807) is 26.2 Å². The van der Waals surface area contributed by atoms with E-state index in [-0.39, 0.29) is 6.67 Å². The lowest BCUT2D eigenvalue weighted by atomic mass is 10.1. The molecule has 2 aromatic heterocycles. The highest BCUT2D eigenvalue weighted by Crippen LogP contribution is 2.25. The minimum absolute atomic E-state index is 0.337. The number of methoxy groups -OCH3 is 1. The molecule has 0 saturated heterocycles. The molecular formula is C21H22FN3O. The van der Waals surface area contributed by atoms with Crippen LogP contribution in [0.25, 0.3) is 28.4 Å². The van der Waals surface area contributed by atoms with E-state index in [4.69, 9.17) is 4.74 Å². The van der Waals surface area contributed by atoms with Crippen molar-refractivity contribution in [3.63, 3.8) is 0 Å². The third kappa shape index (κ3) is 5.14. The fourth-order valence-corrected chi connectivity index (χ4v) is 2.21. The minimum Gasteiger partial charge on any atom is -0.497 e. The van der Waals surface area contributed by atoms with Crippen LogP contribution in [0.5, 0.6) is 5.75 Å². The minimum atomic E-state index is -0.337. The molecule has 0 saturated carbocycles. The molecule has 4 nitrogen and oxygen atoms in total. The summed E-state index contributed by atoms with van der Waals surface area (Å²) in [5, 5.41) is 0. The van der Waals surface area contributed by atoms with E-state index in [0.29, 0.717) is 5.65 Å². The van der Waals surface area contributed by atoms with Gasteiger partial charge >= 0.3 is 0 Å². The van der Waals surface area contributed by atoms with E-state index in [1.807, 2.05) is 48.7 Å². The van der Waals surface area contributed by atoms with Crippen LogP contribution >= 0.6 is 0 Å². The summed E-state index contributed by atoms with van der Waals surface area (Å²) in [4.78, 5) is 12.0. The molecule has 1 N–H and O–H groups in total. The SMILES string of the molecule is C/C=C\CF.C=C/C=C/c1nc2ncc(-c3cccc(OC)c3)cc2[nH]1. The van der Waals surface area contributed by atoms with Crippen LogP contribution in [0.3, 0.4) is 0 Å². The number of aromatic nitrogens is 3. The summed E-state index contributed by atoms with van der Waals surface area (Å²) in [6.45, 7) is 5.10. The monoisotopic (exact) mass is 351 g/mol. The molecule has 0 aliphatic carbocycles. The molecule has 3 rings (SSSR count). The van der Waals surface area contributed by atoms with Crippen molar-refractivity contribution in [1.29, 1.82) is 0 Å². The largest absolute Gasteiger partial charge is 0.497 e. The maximum Gasteiger partial charge on any atom is 0.178 e. The molecule has 2 heterocycles. The quantitative estimate of drug-likeness (QED) is 0.497. The zero-order chi connectivity index (χ0) is 18.8. The van der Waals surface area contributed by atoms with E-state index in [2.05, 4.69) is 21.5 Å². The number of hydrogen-bond donors (Lipinski definition) is 1. The first-order valence-corrected chi connectivity index (χ1v) is 8.18. The number of allylic oxidation sites excluding steroid dienone is 4. The van der Waals surface area contributed by atoms with Crippen LogP contribution in [0, 0.1) is 0 Å². The van der Waals surface area contributed by atoms with E-state index in [0.717, 1.165) is 28.2 Å². The van der Waals surface area contributed by atoms with Gasteiger partial charge in [-0.2, -0.15) is 0 Å². The Bertz CT molecular complexity index is 913. The molecule has 5 heteroatoms. The first-order valence-electron chi connectivity index (χ1n) is 8.18.